The second-order valence-electron chi connectivity index (χ2n) is 2.90. The molecule has 0 fully saturated rings. The summed E-state index contributed by atoms with van der Waals surface area (Å²) < 4.78 is 2.86. The van der Waals surface area contributed by atoms with Crippen LogP contribution in [0.1, 0.15) is 0 Å². The summed E-state index contributed by atoms with van der Waals surface area (Å²) in [7, 11) is 0. The number of imidazole rings is 1. The zero-order valence-corrected chi connectivity index (χ0v) is 9.31. The molecule has 5 heteroatoms. The number of halogens is 1. The molecule has 0 aliphatic carbocycles. The number of nitrogens with one attached hydrogen (secondary N) is 1. The first-order valence-electron chi connectivity index (χ1n) is 4.30. The Balaban J connectivity index is 2.28. The molecule has 15 heavy (non-hydrogen) atoms. The third-order valence-corrected chi connectivity index (χ3v) is 2.44. The summed E-state index contributed by atoms with van der Waals surface area (Å²) in [6, 6.07) is 7.80. The predicted molar refractivity (Wildman–Crippen MR) is 61.0 cm³/mol. The number of carbonyl (C=O) groups excluding carboxylic acids is 1. The predicted octanol–water partition coefficient (Wildman–Crippen LogP) is 2.20. The van der Waals surface area contributed by atoms with Crippen LogP contribution in [0.25, 0.3) is 5.69 Å². The van der Waals surface area contributed by atoms with Crippen LogP contribution in [0.15, 0.2) is 41.3 Å². The quantitative estimate of drug-likeness (QED) is 0.866. The minimum atomic E-state index is 0.535. The largest absolute Gasteiger partial charge is 0.312 e. The Morgan fingerprint density at radius 1 is 1.33 bits per heavy atom. The Morgan fingerprint density at radius 3 is 2.73 bits per heavy atom. The number of aromatic nitrogens is 2. The highest BCUT2D eigenvalue weighted by Gasteiger charge is 1.99. The molecular weight excluding hydrogens is 258 g/mol. The topological polar surface area (TPSA) is 46.9 Å². The van der Waals surface area contributed by atoms with E-state index in [1.165, 1.54) is 0 Å². The summed E-state index contributed by atoms with van der Waals surface area (Å²) in [5.74, 6) is 0.535. The maximum atomic E-state index is 10.2. The number of amides is 1. The minimum Gasteiger partial charge on any atom is -0.312 e. The Kier molecular flexibility index (Phi) is 2.82. The second-order valence-corrected chi connectivity index (χ2v) is 3.82. The van der Waals surface area contributed by atoms with Gasteiger partial charge in [-0.1, -0.05) is 15.9 Å². The van der Waals surface area contributed by atoms with Crippen molar-refractivity contribution in [1.82, 2.24) is 9.55 Å². The van der Waals surface area contributed by atoms with E-state index in [9.17, 15) is 4.79 Å². The van der Waals surface area contributed by atoms with Crippen molar-refractivity contribution in [2.75, 3.05) is 5.32 Å². The highest BCUT2D eigenvalue weighted by Crippen LogP contribution is 2.15. The van der Waals surface area contributed by atoms with E-state index < -0.39 is 0 Å². The van der Waals surface area contributed by atoms with Gasteiger partial charge in [-0.2, -0.15) is 0 Å². The van der Waals surface area contributed by atoms with Gasteiger partial charge in [-0.05, 0) is 24.3 Å². The highest BCUT2D eigenvalue weighted by atomic mass is 79.9. The van der Waals surface area contributed by atoms with E-state index in [2.05, 4.69) is 26.2 Å². The maximum Gasteiger partial charge on any atom is 0.212 e. The number of anilines is 1. The second kappa shape index (κ2) is 4.27. The molecule has 2 rings (SSSR count). The van der Waals surface area contributed by atoms with Crippen LogP contribution in [0.5, 0.6) is 0 Å². The molecule has 0 unspecified atom stereocenters. The third kappa shape index (κ3) is 2.24. The molecule has 0 atom stereocenters. The number of benzene rings is 1. The van der Waals surface area contributed by atoms with E-state index in [1.54, 1.807) is 12.5 Å². The summed E-state index contributed by atoms with van der Waals surface area (Å²) in [6.45, 7) is 0. The average Bonchev–Trinajstić information content (AvgIpc) is 2.68. The van der Waals surface area contributed by atoms with E-state index in [1.807, 2.05) is 28.8 Å². The molecule has 4 nitrogen and oxygen atoms in total. The lowest BCUT2D eigenvalue weighted by Gasteiger charge is -2.00. The van der Waals surface area contributed by atoms with Crippen LogP contribution in [0.3, 0.4) is 0 Å². The van der Waals surface area contributed by atoms with Gasteiger partial charge >= 0.3 is 0 Å². The number of carbonyl (C=O) groups is 1. The van der Waals surface area contributed by atoms with Gasteiger partial charge in [-0.25, -0.2) is 4.98 Å². The van der Waals surface area contributed by atoms with Crippen LogP contribution in [0.4, 0.5) is 5.82 Å². The van der Waals surface area contributed by atoms with Crippen LogP contribution in [-0.2, 0) is 4.79 Å². The normalized spacial score (nSPS) is 9.93. The first-order valence-corrected chi connectivity index (χ1v) is 5.09. The van der Waals surface area contributed by atoms with Gasteiger partial charge < -0.3 is 9.88 Å². The number of hydrogen-bond donors (Lipinski definition) is 1. The Bertz CT molecular complexity index is 464. The van der Waals surface area contributed by atoms with Crippen molar-refractivity contribution in [2.45, 2.75) is 0 Å². The zero-order chi connectivity index (χ0) is 10.7. The molecule has 2 aromatic rings. The first kappa shape index (κ1) is 9.92. The van der Waals surface area contributed by atoms with Crippen molar-refractivity contribution in [2.24, 2.45) is 0 Å². The van der Waals surface area contributed by atoms with Gasteiger partial charge in [-0.15, -0.1) is 0 Å². The summed E-state index contributed by atoms with van der Waals surface area (Å²) in [5, 5.41) is 2.49. The Morgan fingerprint density at radius 2 is 2.07 bits per heavy atom. The monoisotopic (exact) mass is 265 g/mol. The van der Waals surface area contributed by atoms with E-state index in [4.69, 9.17) is 0 Å². The van der Waals surface area contributed by atoms with Gasteiger partial charge in [-0.3, -0.25) is 4.79 Å². The average molecular weight is 266 g/mol. The van der Waals surface area contributed by atoms with Crippen LogP contribution in [0, 0.1) is 0 Å². The molecule has 0 aliphatic rings. The minimum absolute atomic E-state index is 0.535. The van der Waals surface area contributed by atoms with Gasteiger partial charge in [0, 0.05) is 10.2 Å². The summed E-state index contributed by atoms with van der Waals surface area (Å²) >= 11 is 3.36. The molecule has 1 aromatic heterocycles. The molecule has 1 amide bonds. The number of rotatable bonds is 3. The SMILES string of the molecule is O=CNc1cn(-c2ccc(Br)cc2)cn1. The Hall–Kier alpha value is -1.62. The lowest BCUT2D eigenvalue weighted by atomic mass is 10.3. The van der Waals surface area contributed by atoms with Crippen molar-refractivity contribution in [3.05, 3.63) is 41.3 Å². The molecule has 76 valence electrons. The molecule has 1 heterocycles. The lowest BCUT2D eigenvalue weighted by Crippen LogP contribution is -1.93. The van der Waals surface area contributed by atoms with Crippen molar-refractivity contribution >= 4 is 28.2 Å². The van der Waals surface area contributed by atoms with Crippen LogP contribution in [0.2, 0.25) is 0 Å². The fourth-order valence-corrected chi connectivity index (χ4v) is 1.48. The van der Waals surface area contributed by atoms with Gasteiger partial charge in [0.15, 0.2) is 5.82 Å². The summed E-state index contributed by atoms with van der Waals surface area (Å²) in [4.78, 5) is 14.2. The van der Waals surface area contributed by atoms with Crippen LogP contribution >= 0.6 is 15.9 Å². The van der Waals surface area contributed by atoms with Gasteiger partial charge in [0.25, 0.3) is 0 Å². The van der Waals surface area contributed by atoms with Gasteiger partial charge in [0.2, 0.25) is 6.41 Å². The highest BCUT2D eigenvalue weighted by molar-refractivity contribution is 9.10. The van der Waals surface area contributed by atoms with Crippen LogP contribution < -0.4 is 5.32 Å². The standard InChI is InChI=1S/C10H8BrN3O/c11-8-1-3-9(4-2-8)14-5-10(12-6-14)13-7-15/h1-7H,(H,13,15). The molecule has 1 aromatic carbocycles. The third-order valence-electron chi connectivity index (χ3n) is 1.91. The molecule has 0 radical (unpaired) electrons. The molecule has 0 aliphatic heterocycles. The summed E-state index contributed by atoms with van der Waals surface area (Å²) in [5.41, 5.74) is 0.990. The van der Waals surface area contributed by atoms with Gasteiger partial charge in [0.05, 0.1) is 6.20 Å². The molecular formula is C10H8BrN3O. The van der Waals surface area contributed by atoms with Crippen LogP contribution in [-0.4, -0.2) is 16.0 Å². The van der Waals surface area contributed by atoms with Crippen molar-refractivity contribution in [3.63, 3.8) is 0 Å². The molecule has 0 spiro atoms. The van der Waals surface area contributed by atoms with E-state index in [0.717, 1.165) is 10.2 Å². The van der Waals surface area contributed by atoms with Gasteiger partial charge in [0.1, 0.15) is 6.33 Å². The number of nitrogens with zero attached hydrogens (tertiary/aromatic N) is 2. The zero-order valence-electron chi connectivity index (χ0n) is 7.72. The molecule has 1 N–H and O–H groups in total. The van der Waals surface area contributed by atoms with E-state index >= 15 is 0 Å². The van der Waals surface area contributed by atoms with Crippen molar-refractivity contribution in [3.8, 4) is 5.69 Å². The van der Waals surface area contributed by atoms with E-state index in [-0.39, 0.29) is 0 Å². The number of hydrogen-bond acceptors (Lipinski definition) is 2. The van der Waals surface area contributed by atoms with E-state index in [0.29, 0.717) is 12.2 Å². The Labute approximate surface area is 95.1 Å². The molecule has 0 saturated heterocycles. The fraction of sp³-hybridized carbons (Fsp3) is 0. The molecule has 0 bridgehead atoms. The fourth-order valence-electron chi connectivity index (χ4n) is 1.21. The smallest absolute Gasteiger partial charge is 0.212 e. The maximum absolute atomic E-state index is 10.2. The molecule has 0 saturated carbocycles. The first-order chi connectivity index (χ1) is 7.29. The summed E-state index contributed by atoms with van der Waals surface area (Å²) in [6.07, 6.45) is 4.00. The lowest BCUT2D eigenvalue weighted by molar-refractivity contribution is -0.105. The van der Waals surface area contributed by atoms with Crippen molar-refractivity contribution in [1.29, 1.82) is 0 Å². The van der Waals surface area contributed by atoms with Crippen molar-refractivity contribution < 1.29 is 4.79 Å².